The van der Waals surface area contributed by atoms with Crippen molar-refractivity contribution < 1.29 is 0 Å². The molecule has 0 aliphatic carbocycles. The molecule has 0 aromatic rings. The molecule has 0 aromatic heterocycles. The molecule has 0 bridgehead atoms. The van der Waals surface area contributed by atoms with Gasteiger partial charge in [0.2, 0.25) is 0 Å². The molecule has 1 heteroatoms. The van der Waals surface area contributed by atoms with E-state index in [9.17, 15) is 0 Å². The predicted octanol–water partition coefficient (Wildman–Crippen LogP) is 8.39. The summed E-state index contributed by atoms with van der Waals surface area (Å²) in [6.45, 7) is 7.34. The molecule has 1 nitrogen and oxygen atoms in total. The summed E-state index contributed by atoms with van der Waals surface area (Å²) in [5.74, 6) is 1.60. The van der Waals surface area contributed by atoms with Gasteiger partial charge < -0.3 is 4.90 Å². The Bertz CT molecular complexity index is 335. The molecule has 1 heterocycles. The van der Waals surface area contributed by atoms with Gasteiger partial charge in [-0.05, 0) is 51.1 Å². The predicted molar refractivity (Wildman–Crippen MR) is 123 cm³/mol. The number of nitrogens with zero attached hydrogens (tertiary/aromatic N) is 1. The Kier molecular flexibility index (Phi) is 16.3. The number of rotatable bonds is 12. The molecule has 0 aromatic carbocycles. The van der Waals surface area contributed by atoms with Gasteiger partial charge >= 0.3 is 0 Å². The average molecular weight is 378 g/mol. The van der Waals surface area contributed by atoms with Gasteiger partial charge in [0.15, 0.2) is 0 Å². The van der Waals surface area contributed by atoms with E-state index in [1.165, 1.54) is 122 Å². The SMILES string of the molecule is CCCCCCCCCCCCC=CC1CCCCCCCN(C)CC1C. The van der Waals surface area contributed by atoms with Crippen molar-refractivity contribution in [2.24, 2.45) is 11.8 Å². The highest BCUT2D eigenvalue weighted by Gasteiger charge is 2.16. The van der Waals surface area contributed by atoms with Crippen LogP contribution in [0.5, 0.6) is 0 Å². The first kappa shape index (κ1) is 24.7. The van der Waals surface area contributed by atoms with Crippen LogP contribution in [0.3, 0.4) is 0 Å². The first-order valence-electron chi connectivity index (χ1n) is 12.6. The molecule has 160 valence electrons. The third kappa shape index (κ3) is 14.4. The molecular formula is C26H51N. The summed E-state index contributed by atoms with van der Waals surface area (Å²) in [6, 6.07) is 0. The van der Waals surface area contributed by atoms with Crippen LogP contribution in [0.25, 0.3) is 0 Å². The summed E-state index contributed by atoms with van der Waals surface area (Å²) in [6.07, 6.45) is 29.3. The topological polar surface area (TPSA) is 3.24 Å². The normalized spacial score (nSPS) is 23.5. The van der Waals surface area contributed by atoms with Crippen LogP contribution in [0.4, 0.5) is 0 Å². The average Bonchev–Trinajstić information content (AvgIpc) is 2.68. The van der Waals surface area contributed by atoms with Gasteiger partial charge in [-0.3, -0.25) is 0 Å². The lowest BCUT2D eigenvalue weighted by atomic mass is 9.88. The highest BCUT2D eigenvalue weighted by Crippen LogP contribution is 2.24. The Morgan fingerprint density at radius 1 is 0.778 bits per heavy atom. The number of unbranched alkanes of at least 4 members (excludes halogenated alkanes) is 10. The van der Waals surface area contributed by atoms with Gasteiger partial charge in [0.25, 0.3) is 0 Å². The third-order valence-corrected chi connectivity index (χ3v) is 6.52. The van der Waals surface area contributed by atoms with Crippen molar-refractivity contribution in [3.63, 3.8) is 0 Å². The van der Waals surface area contributed by atoms with Crippen molar-refractivity contribution in [3.05, 3.63) is 12.2 Å². The number of hydrogen-bond donors (Lipinski definition) is 0. The van der Waals surface area contributed by atoms with Crippen molar-refractivity contribution in [2.45, 2.75) is 123 Å². The second-order valence-corrected chi connectivity index (χ2v) is 9.36. The van der Waals surface area contributed by atoms with Gasteiger partial charge in [-0.2, -0.15) is 0 Å². The van der Waals surface area contributed by atoms with Crippen molar-refractivity contribution in [3.8, 4) is 0 Å². The standard InChI is InChI=1S/C26H51N/c1-4-5-6-7-8-9-10-11-12-13-15-18-21-26-22-19-16-14-17-20-23-27(3)24-25(26)2/h18,21,25-26H,4-17,19-20,22-24H2,1-3H3. The number of allylic oxidation sites excluding steroid dienone is 2. The first-order chi connectivity index (χ1) is 13.2. The van der Waals surface area contributed by atoms with E-state index in [-0.39, 0.29) is 0 Å². The van der Waals surface area contributed by atoms with Crippen molar-refractivity contribution in [1.82, 2.24) is 4.90 Å². The van der Waals surface area contributed by atoms with E-state index in [1.807, 2.05) is 0 Å². The molecule has 27 heavy (non-hydrogen) atoms. The molecule has 1 rings (SSSR count). The number of hydrogen-bond acceptors (Lipinski definition) is 1. The van der Waals surface area contributed by atoms with E-state index in [2.05, 4.69) is 37.9 Å². The lowest BCUT2D eigenvalue weighted by Crippen LogP contribution is -2.28. The zero-order valence-corrected chi connectivity index (χ0v) is 19.2. The summed E-state index contributed by atoms with van der Waals surface area (Å²) in [5, 5.41) is 0. The lowest BCUT2D eigenvalue weighted by Gasteiger charge is -2.26. The van der Waals surface area contributed by atoms with Crippen LogP contribution < -0.4 is 0 Å². The quantitative estimate of drug-likeness (QED) is 0.244. The van der Waals surface area contributed by atoms with Gasteiger partial charge in [0, 0.05) is 6.54 Å². The van der Waals surface area contributed by atoms with E-state index >= 15 is 0 Å². The zero-order valence-electron chi connectivity index (χ0n) is 19.2. The largest absolute Gasteiger partial charge is 0.306 e. The van der Waals surface area contributed by atoms with Crippen LogP contribution in [0.15, 0.2) is 12.2 Å². The highest BCUT2D eigenvalue weighted by molar-refractivity contribution is 4.91. The molecule has 2 unspecified atom stereocenters. The Labute approximate surface area is 172 Å². The Morgan fingerprint density at radius 2 is 1.37 bits per heavy atom. The summed E-state index contributed by atoms with van der Waals surface area (Å²) in [4.78, 5) is 2.57. The van der Waals surface area contributed by atoms with Crippen LogP contribution in [0.1, 0.15) is 123 Å². The lowest BCUT2D eigenvalue weighted by molar-refractivity contribution is 0.247. The maximum atomic E-state index is 2.59. The van der Waals surface area contributed by atoms with Gasteiger partial charge in [-0.1, -0.05) is 109 Å². The fourth-order valence-electron chi connectivity index (χ4n) is 4.60. The zero-order chi connectivity index (χ0) is 19.6. The molecule has 1 fully saturated rings. The summed E-state index contributed by atoms with van der Waals surface area (Å²) < 4.78 is 0. The highest BCUT2D eigenvalue weighted by atomic mass is 15.1. The Hall–Kier alpha value is -0.300. The fourth-order valence-corrected chi connectivity index (χ4v) is 4.60. The maximum absolute atomic E-state index is 2.59. The van der Waals surface area contributed by atoms with Gasteiger partial charge in [-0.25, -0.2) is 0 Å². The molecule has 2 atom stereocenters. The third-order valence-electron chi connectivity index (χ3n) is 6.52. The summed E-state index contributed by atoms with van der Waals surface area (Å²) in [5.41, 5.74) is 0. The second-order valence-electron chi connectivity index (χ2n) is 9.36. The van der Waals surface area contributed by atoms with Crippen LogP contribution >= 0.6 is 0 Å². The van der Waals surface area contributed by atoms with E-state index in [0.29, 0.717) is 0 Å². The smallest absolute Gasteiger partial charge is 0.000959 e. The molecule has 1 saturated heterocycles. The van der Waals surface area contributed by atoms with E-state index in [4.69, 9.17) is 0 Å². The molecule has 0 amide bonds. The van der Waals surface area contributed by atoms with Crippen molar-refractivity contribution in [1.29, 1.82) is 0 Å². The Morgan fingerprint density at radius 3 is 2.07 bits per heavy atom. The molecule has 1 aliphatic heterocycles. The van der Waals surface area contributed by atoms with E-state index in [1.54, 1.807) is 0 Å². The minimum absolute atomic E-state index is 0.800. The monoisotopic (exact) mass is 377 g/mol. The van der Waals surface area contributed by atoms with Crippen LogP contribution in [-0.2, 0) is 0 Å². The summed E-state index contributed by atoms with van der Waals surface area (Å²) >= 11 is 0. The van der Waals surface area contributed by atoms with E-state index < -0.39 is 0 Å². The molecule has 1 aliphatic rings. The Balaban J connectivity index is 2.11. The summed E-state index contributed by atoms with van der Waals surface area (Å²) in [7, 11) is 2.32. The minimum atomic E-state index is 0.800. The van der Waals surface area contributed by atoms with Crippen LogP contribution in [0.2, 0.25) is 0 Å². The minimum Gasteiger partial charge on any atom is -0.306 e. The van der Waals surface area contributed by atoms with E-state index in [0.717, 1.165) is 11.8 Å². The van der Waals surface area contributed by atoms with Gasteiger partial charge in [0.05, 0.1) is 0 Å². The van der Waals surface area contributed by atoms with Gasteiger partial charge in [-0.15, -0.1) is 0 Å². The molecule has 0 spiro atoms. The molecule has 0 saturated carbocycles. The van der Waals surface area contributed by atoms with Crippen LogP contribution in [0, 0.1) is 11.8 Å². The van der Waals surface area contributed by atoms with Crippen molar-refractivity contribution in [2.75, 3.05) is 20.1 Å². The molecule has 0 radical (unpaired) electrons. The first-order valence-corrected chi connectivity index (χ1v) is 12.6. The fraction of sp³-hybridized carbons (Fsp3) is 0.923. The van der Waals surface area contributed by atoms with Crippen LogP contribution in [-0.4, -0.2) is 25.0 Å². The molecular weight excluding hydrogens is 326 g/mol. The van der Waals surface area contributed by atoms with Crippen molar-refractivity contribution >= 4 is 0 Å². The molecule has 0 N–H and O–H groups in total. The maximum Gasteiger partial charge on any atom is 0.000959 e. The second kappa shape index (κ2) is 17.8. The van der Waals surface area contributed by atoms with Gasteiger partial charge in [0.1, 0.15) is 0 Å².